The van der Waals surface area contributed by atoms with Gasteiger partial charge < -0.3 is 10.2 Å². The molecule has 0 bridgehead atoms. The van der Waals surface area contributed by atoms with Gasteiger partial charge in [0, 0.05) is 29.2 Å². The Labute approximate surface area is 174 Å². The molecular formula is C17H14ClN5O4S2. The first kappa shape index (κ1) is 19.6. The third-order valence-electron chi connectivity index (χ3n) is 4.25. The first-order valence-corrected chi connectivity index (χ1v) is 10.9. The Balaban J connectivity index is 1.73. The van der Waals surface area contributed by atoms with Gasteiger partial charge in [-0.2, -0.15) is 4.37 Å². The second-order valence-corrected chi connectivity index (χ2v) is 8.95. The van der Waals surface area contributed by atoms with E-state index < -0.39 is 15.8 Å². The molecule has 0 aliphatic heterocycles. The highest BCUT2D eigenvalue weighted by molar-refractivity contribution is 7.93. The third-order valence-corrected chi connectivity index (χ3v) is 6.53. The van der Waals surface area contributed by atoms with Gasteiger partial charge in [-0.05, 0) is 35.4 Å². The lowest BCUT2D eigenvalue weighted by molar-refractivity contribution is 0.516. The van der Waals surface area contributed by atoms with Crippen molar-refractivity contribution in [1.29, 1.82) is 0 Å². The molecule has 2 heterocycles. The molecule has 0 fully saturated rings. The summed E-state index contributed by atoms with van der Waals surface area (Å²) in [6.07, 6.45) is 1.25. The van der Waals surface area contributed by atoms with Gasteiger partial charge in [0.1, 0.15) is 6.33 Å². The number of anilines is 1. The summed E-state index contributed by atoms with van der Waals surface area (Å²) >= 11 is 6.98. The number of rotatable bonds is 6. The average Bonchev–Trinajstić information content (AvgIpc) is 3.29. The Morgan fingerprint density at radius 1 is 1.21 bits per heavy atom. The zero-order valence-corrected chi connectivity index (χ0v) is 17.1. The van der Waals surface area contributed by atoms with E-state index in [0.717, 1.165) is 22.7 Å². The van der Waals surface area contributed by atoms with Crippen molar-refractivity contribution in [2.24, 2.45) is 5.73 Å². The number of nitrogens with two attached hydrogens (primary N) is 1. The summed E-state index contributed by atoms with van der Waals surface area (Å²) in [4.78, 5) is 16.1. The fraction of sp³-hybridized carbons (Fsp3) is 0.118. The second-order valence-electron chi connectivity index (χ2n) is 6.05. The van der Waals surface area contributed by atoms with E-state index in [9.17, 15) is 13.2 Å². The molecule has 0 saturated carbocycles. The van der Waals surface area contributed by atoms with Gasteiger partial charge in [0.25, 0.3) is 10.0 Å². The second kappa shape index (κ2) is 7.59. The van der Waals surface area contributed by atoms with Gasteiger partial charge in [-0.15, -0.1) is 0 Å². The quantitative estimate of drug-likeness (QED) is 0.459. The van der Waals surface area contributed by atoms with Crippen molar-refractivity contribution in [3.05, 3.63) is 69.4 Å². The summed E-state index contributed by atoms with van der Waals surface area (Å²) in [5.41, 5.74) is 7.98. The van der Waals surface area contributed by atoms with Crippen molar-refractivity contribution in [3.8, 4) is 0 Å². The Bertz CT molecular complexity index is 1350. The first-order valence-electron chi connectivity index (χ1n) is 8.27. The highest BCUT2D eigenvalue weighted by Crippen LogP contribution is 2.23. The molecule has 29 heavy (non-hydrogen) atoms. The van der Waals surface area contributed by atoms with E-state index in [2.05, 4.69) is 14.1 Å². The maximum atomic E-state index is 12.5. The minimum absolute atomic E-state index is 0.0634. The molecule has 0 amide bonds. The highest BCUT2D eigenvalue weighted by atomic mass is 35.5. The summed E-state index contributed by atoms with van der Waals surface area (Å²) in [6.45, 7) is 0.477. The lowest BCUT2D eigenvalue weighted by Gasteiger charge is -2.09. The predicted octanol–water partition coefficient (Wildman–Crippen LogP) is 2.41. The Morgan fingerprint density at radius 2 is 2.03 bits per heavy atom. The minimum Gasteiger partial charge on any atom is -0.408 e. The van der Waals surface area contributed by atoms with Crippen LogP contribution in [-0.4, -0.2) is 22.3 Å². The van der Waals surface area contributed by atoms with Gasteiger partial charge in [0.05, 0.1) is 17.0 Å². The molecule has 0 radical (unpaired) electrons. The Kier molecular flexibility index (Phi) is 5.13. The first-order chi connectivity index (χ1) is 13.9. The molecular weight excluding hydrogens is 438 g/mol. The fourth-order valence-corrected chi connectivity index (χ4v) is 4.74. The summed E-state index contributed by atoms with van der Waals surface area (Å²) in [6, 6.07) is 9.46. The van der Waals surface area contributed by atoms with Crippen molar-refractivity contribution < 1.29 is 12.8 Å². The lowest BCUT2D eigenvalue weighted by atomic mass is 10.1. The van der Waals surface area contributed by atoms with Crippen LogP contribution < -0.4 is 16.2 Å². The molecule has 4 rings (SSSR count). The van der Waals surface area contributed by atoms with Gasteiger partial charge in [0.2, 0.25) is 5.13 Å². The van der Waals surface area contributed by atoms with E-state index in [-0.39, 0.29) is 28.7 Å². The highest BCUT2D eigenvalue weighted by Gasteiger charge is 2.19. The van der Waals surface area contributed by atoms with Crippen LogP contribution >= 0.6 is 23.1 Å². The number of hydrogen-bond acceptors (Lipinski definition) is 8. The lowest BCUT2D eigenvalue weighted by Crippen LogP contribution is -2.16. The topological polar surface area (TPSA) is 133 Å². The smallest absolute Gasteiger partial charge is 0.408 e. The predicted molar refractivity (Wildman–Crippen MR) is 110 cm³/mol. The van der Waals surface area contributed by atoms with Crippen molar-refractivity contribution >= 4 is 49.4 Å². The van der Waals surface area contributed by atoms with Gasteiger partial charge in [-0.3, -0.25) is 9.29 Å². The van der Waals surface area contributed by atoms with Crippen molar-refractivity contribution in [2.75, 3.05) is 4.72 Å². The minimum atomic E-state index is -3.90. The normalized spacial score (nSPS) is 11.8. The van der Waals surface area contributed by atoms with E-state index in [1.807, 2.05) is 0 Å². The van der Waals surface area contributed by atoms with Crippen LogP contribution in [0.3, 0.4) is 0 Å². The molecule has 2 aromatic heterocycles. The molecule has 12 heteroatoms. The molecule has 0 atom stereocenters. The Morgan fingerprint density at radius 3 is 2.76 bits per heavy atom. The number of benzene rings is 2. The van der Waals surface area contributed by atoms with Crippen molar-refractivity contribution in [1.82, 2.24) is 13.9 Å². The molecule has 4 aromatic rings. The van der Waals surface area contributed by atoms with Gasteiger partial charge in [-0.1, -0.05) is 17.7 Å². The molecule has 0 saturated heterocycles. The van der Waals surface area contributed by atoms with E-state index in [4.69, 9.17) is 21.8 Å². The number of nitrogens with zero attached hydrogens (tertiary/aromatic N) is 3. The number of hydrogen-bond donors (Lipinski definition) is 2. The van der Waals surface area contributed by atoms with Crippen LogP contribution in [0.15, 0.2) is 56.8 Å². The van der Waals surface area contributed by atoms with E-state index in [1.54, 1.807) is 18.2 Å². The zero-order chi connectivity index (χ0) is 20.6. The van der Waals surface area contributed by atoms with E-state index >= 15 is 0 Å². The van der Waals surface area contributed by atoms with Gasteiger partial charge >= 0.3 is 5.76 Å². The summed E-state index contributed by atoms with van der Waals surface area (Å²) in [7, 11) is -3.90. The summed E-state index contributed by atoms with van der Waals surface area (Å²) in [5, 5.41) is 0.661. The Hall–Kier alpha value is -2.73. The molecule has 0 aliphatic rings. The van der Waals surface area contributed by atoms with Crippen LogP contribution in [0.25, 0.3) is 11.1 Å². The van der Waals surface area contributed by atoms with Crippen molar-refractivity contribution in [3.63, 3.8) is 0 Å². The van der Waals surface area contributed by atoms with Crippen molar-refractivity contribution in [2.45, 2.75) is 18.0 Å². The SMILES string of the molecule is NCc1ccc(Cl)cc1Cn1c(=O)oc2cc(S(=O)(=O)Nc3ncns3)ccc21. The van der Waals surface area contributed by atoms with Crippen LogP contribution in [0.1, 0.15) is 11.1 Å². The average molecular weight is 452 g/mol. The number of oxazole rings is 1. The molecule has 0 aliphatic carbocycles. The van der Waals surface area contributed by atoms with Crippen LogP contribution in [-0.2, 0) is 23.1 Å². The molecule has 150 valence electrons. The number of halogens is 1. The number of nitrogens with one attached hydrogen (secondary N) is 1. The monoisotopic (exact) mass is 451 g/mol. The van der Waals surface area contributed by atoms with Crippen LogP contribution in [0, 0.1) is 0 Å². The third kappa shape index (κ3) is 3.90. The van der Waals surface area contributed by atoms with Gasteiger partial charge in [0.15, 0.2) is 5.58 Å². The number of aromatic nitrogens is 3. The largest absolute Gasteiger partial charge is 0.420 e. The zero-order valence-electron chi connectivity index (χ0n) is 14.7. The van der Waals surface area contributed by atoms with E-state index in [1.165, 1.54) is 29.1 Å². The molecule has 9 nitrogen and oxygen atoms in total. The van der Waals surface area contributed by atoms with Crippen LogP contribution in [0.4, 0.5) is 5.13 Å². The molecule has 2 aromatic carbocycles. The van der Waals surface area contributed by atoms with E-state index in [0.29, 0.717) is 10.5 Å². The molecule has 3 N–H and O–H groups in total. The molecule has 0 spiro atoms. The standard InChI is InChI=1S/C17H14ClN5O4S2/c18-12-2-1-10(7-19)11(5-12)8-23-14-4-3-13(6-15(14)27-17(23)24)29(25,26)22-16-20-9-21-28-16/h1-6,9H,7-8,19H2,(H,20,21,22). The maximum absolute atomic E-state index is 12.5. The number of fused-ring (bicyclic) bond motifs is 1. The van der Waals surface area contributed by atoms with Gasteiger partial charge in [-0.25, -0.2) is 18.2 Å². The fourth-order valence-electron chi connectivity index (χ4n) is 2.87. The summed E-state index contributed by atoms with van der Waals surface area (Å²) in [5.74, 6) is -0.616. The molecule has 0 unspecified atom stereocenters. The van der Waals surface area contributed by atoms with Crippen LogP contribution in [0.2, 0.25) is 5.02 Å². The summed E-state index contributed by atoms with van der Waals surface area (Å²) < 4.78 is 37.8. The van der Waals surface area contributed by atoms with Crippen LogP contribution in [0.5, 0.6) is 0 Å². The number of sulfonamides is 1. The maximum Gasteiger partial charge on any atom is 0.420 e.